The van der Waals surface area contributed by atoms with Gasteiger partial charge >= 0.3 is 11.9 Å². The molecule has 2 saturated carbocycles. The normalized spacial score (nSPS) is 33.9. The van der Waals surface area contributed by atoms with E-state index in [0.717, 1.165) is 5.56 Å². The average Bonchev–Trinajstić information content (AvgIpc) is 2.89. The zero-order valence-electron chi connectivity index (χ0n) is 25.3. The lowest BCUT2D eigenvalue weighted by atomic mass is 9.49. The minimum absolute atomic E-state index is 0.123. The molecule has 0 radical (unpaired) electrons. The van der Waals surface area contributed by atoms with Gasteiger partial charge in [0.25, 0.3) is 0 Å². The Bertz CT molecular complexity index is 1240. The van der Waals surface area contributed by atoms with Crippen LogP contribution in [0.25, 0.3) is 0 Å². The van der Waals surface area contributed by atoms with Crippen molar-refractivity contribution in [2.75, 3.05) is 14.1 Å². The lowest BCUT2D eigenvalue weighted by Gasteiger charge is -2.58. The molecule has 8 heteroatoms. The Balaban J connectivity index is 1.67. The maximum Gasteiger partial charge on any atom is 0.308 e. The van der Waals surface area contributed by atoms with Gasteiger partial charge in [-0.05, 0) is 61.6 Å². The van der Waals surface area contributed by atoms with Gasteiger partial charge in [-0.2, -0.15) is 0 Å². The number of fused-ring (bicyclic) bond motifs is 3. The molecule has 0 amide bonds. The Hall–Kier alpha value is -2.81. The van der Waals surface area contributed by atoms with Crippen LogP contribution in [0.5, 0.6) is 0 Å². The minimum Gasteiger partial charge on any atom is -0.458 e. The highest BCUT2D eigenvalue weighted by molar-refractivity contribution is 5.97. The fourth-order valence-electron chi connectivity index (χ4n) is 7.73. The third-order valence-corrected chi connectivity index (χ3v) is 10.1. The van der Waals surface area contributed by atoms with Crippen LogP contribution >= 0.6 is 0 Å². The zero-order chi connectivity index (χ0) is 30.4. The molecule has 8 atom stereocenters. The van der Waals surface area contributed by atoms with Crippen LogP contribution in [0.3, 0.4) is 0 Å². The number of benzene rings is 1. The van der Waals surface area contributed by atoms with Gasteiger partial charge in [-0.15, -0.1) is 0 Å². The third kappa shape index (κ3) is 5.54. The number of allylic oxidation sites excluding steroid dienone is 1. The third-order valence-electron chi connectivity index (χ3n) is 10.1. The molecule has 0 aliphatic heterocycles. The van der Waals surface area contributed by atoms with E-state index in [1.54, 1.807) is 6.92 Å². The van der Waals surface area contributed by atoms with Gasteiger partial charge in [-0.1, -0.05) is 57.7 Å². The van der Waals surface area contributed by atoms with Gasteiger partial charge in [0, 0.05) is 36.6 Å². The van der Waals surface area contributed by atoms with E-state index in [2.05, 4.69) is 6.58 Å². The van der Waals surface area contributed by atoms with Crippen LogP contribution in [0, 0.1) is 22.7 Å². The van der Waals surface area contributed by atoms with E-state index in [4.69, 9.17) is 9.47 Å². The second-order valence-corrected chi connectivity index (χ2v) is 13.1. The number of rotatable bonds is 6. The quantitative estimate of drug-likeness (QED) is 0.389. The summed E-state index contributed by atoms with van der Waals surface area (Å²) in [5.41, 5.74) is 0.854. The zero-order valence-corrected chi connectivity index (χ0v) is 25.3. The van der Waals surface area contributed by atoms with Gasteiger partial charge in [0.2, 0.25) is 0 Å². The topological polar surface area (TPSA) is 113 Å². The monoisotopic (exact) mass is 567 g/mol. The lowest BCUT2D eigenvalue weighted by Crippen LogP contribution is -2.62. The van der Waals surface area contributed by atoms with Crippen molar-refractivity contribution in [3.63, 3.8) is 0 Å². The number of esters is 2. The van der Waals surface area contributed by atoms with Crippen LogP contribution < -0.4 is 0 Å². The van der Waals surface area contributed by atoms with Crippen molar-refractivity contribution in [2.24, 2.45) is 22.7 Å². The number of ketones is 1. The number of aliphatic hydroxyl groups excluding tert-OH is 2. The Labute approximate surface area is 243 Å². The number of ether oxygens (including phenoxy) is 2. The van der Waals surface area contributed by atoms with Gasteiger partial charge in [-0.3, -0.25) is 14.4 Å². The Kier molecular flexibility index (Phi) is 8.70. The van der Waals surface area contributed by atoms with E-state index >= 15 is 0 Å². The molecule has 0 heterocycles. The summed E-state index contributed by atoms with van der Waals surface area (Å²) >= 11 is 0. The van der Waals surface area contributed by atoms with E-state index in [1.165, 1.54) is 6.92 Å². The number of aliphatic hydroxyl groups is 2. The van der Waals surface area contributed by atoms with Crippen molar-refractivity contribution in [3.8, 4) is 0 Å². The Morgan fingerprint density at radius 2 is 1.76 bits per heavy atom. The first-order valence-corrected chi connectivity index (χ1v) is 14.5. The lowest BCUT2D eigenvalue weighted by molar-refractivity contribution is -0.180. The highest BCUT2D eigenvalue weighted by Crippen LogP contribution is 2.59. The summed E-state index contributed by atoms with van der Waals surface area (Å²) < 4.78 is 11.8. The van der Waals surface area contributed by atoms with E-state index in [9.17, 15) is 24.6 Å². The molecule has 1 aromatic carbocycles. The summed E-state index contributed by atoms with van der Waals surface area (Å²) in [7, 11) is 3.83. The SMILES string of the molecule is C=C1[C@@H](OC(=O)CC(c2ccccc2)N(C)C)CC[C@@]2(C)[C@@H](O)[C@H](OC(C)=O)C3=C(C)C(=O)CC([C@@H](O)[C@H]12)C3(C)C. The molecule has 0 spiro atoms. The van der Waals surface area contributed by atoms with Crippen LogP contribution in [0.4, 0.5) is 0 Å². The molecule has 224 valence electrons. The number of hydrogen-bond acceptors (Lipinski definition) is 8. The van der Waals surface area contributed by atoms with Crippen LogP contribution in [0.2, 0.25) is 0 Å². The fourth-order valence-corrected chi connectivity index (χ4v) is 7.73. The van der Waals surface area contributed by atoms with Gasteiger partial charge in [-0.25, -0.2) is 0 Å². The molecule has 1 aromatic rings. The molecule has 2 fully saturated rings. The molecule has 8 nitrogen and oxygen atoms in total. The number of nitrogens with zero attached hydrogens (tertiary/aromatic N) is 1. The molecular weight excluding hydrogens is 522 g/mol. The van der Waals surface area contributed by atoms with Gasteiger partial charge in [0.15, 0.2) is 11.9 Å². The summed E-state index contributed by atoms with van der Waals surface area (Å²) in [6, 6.07) is 9.58. The minimum atomic E-state index is -1.22. The van der Waals surface area contributed by atoms with E-state index in [-0.39, 0.29) is 30.6 Å². The molecular formula is C33H45NO7. The predicted molar refractivity (Wildman–Crippen MR) is 155 cm³/mol. The highest BCUT2D eigenvalue weighted by atomic mass is 16.6. The fraction of sp³-hybridized carbons (Fsp3) is 0.606. The Morgan fingerprint density at radius 1 is 1.12 bits per heavy atom. The standard InChI is InChI=1S/C33H45NO7/c1-18-24(36)16-22-29(38)27-19(2)25(41-26(37)17-23(34(7)8)21-12-10-9-11-13-21)14-15-33(27,6)31(39)30(40-20(3)35)28(18)32(22,4)5/h9-13,22-23,25,27,29-31,38-39H,2,14-17H2,1,3-8H3/t22?,23?,25-,27-,29+,30+,31-,33+/m0/s1. The average molecular weight is 568 g/mol. The molecule has 2 bridgehead atoms. The smallest absolute Gasteiger partial charge is 0.308 e. The molecule has 2 unspecified atom stereocenters. The van der Waals surface area contributed by atoms with Crippen molar-refractivity contribution in [1.82, 2.24) is 4.90 Å². The van der Waals surface area contributed by atoms with Crippen LogP contribution in [0.1, 0.15) is 71.9 Å². The summed E-state index contributed by atoms with van der Waals surface area (Å²) in [5.74, 6) is -2.29. The molecule has 41 heavy (non-hydrogen) atoms. The number of Topliss-reactive ketones (excluding diaryl/α,β-unsaturated/α-hetero) is 1. The van der Waals surface area contributed by atoms with Crippen LogP contribution in [-0.2, 0) is 23.9 Å². The molecule has 3 aliphatic rings. The molecule has 3 aliphatic carbocycles. The van der Waals surface area contributed by atoms with Gasteiger partial charge in [0.05, 0.1) is 12.5 Å². The largest absolute Gasteiger partial charge is 0.458 e. The van der Waals surface area contributed by atoms with Crippen molar-refractivity contribution in [2.45, 2.75) is 90.8 Å². The molecule has 2 N–H and O–H groups in total. The second kappa shape index (κ2) is 11.5. The predicted octanol–water partition coefficient (Wildman–Crippen LogP) is 4.16. The first-order chi connectivity index (χ1) is 19.1. The van der Waals surface area contributed by atoms with Crippen molar-refractivity contribution in [1.29, 1.82) is 0 Å². The number of carbonyl (C=O) groups is 3. The number of carbonyl (C=O) groups excluding carboxylic acids is 3. The van der Waals surface area contributed by atoms with Gasteiger partial charge < -0.3 is 24.6 Å². The second-order valence-electron chi connectivity index (χ2n) is 13.1. The van der Waals surface area contributed by atoms with Crippen LogP contribution in [0.15, 0.2) is 53.6 Å². The molecule has 0 saturated heterocycles. The number of hydrogen-bond donors (Lipinski definition) is 2. The highest BCUT2D eigenvalue weighted by Gasteiger charge is 2.61. The summed E-state index contributed by atoms with van der Waals surface area (Å²) in [6.45, 7) is 13.0. The molecule has 0 aromatic heterocycles. The van der Waals surface area contributed by atoms with E-state index in [0.29, 0.717) is 29.6 Å². The van der Waals surface area contributed by atoms with Crippen molar-refractivity contribution < 1.29 is 34.1 Å². The maximum absolute atomic E-state index is 13.3. The first-order valence-electron chi connectivity index (χ1n) is 14.5. The Morgan fingerprint density at radius 3 is 2.34 bits per heavy atom. The summed E-state index contributed by atoms with van der Waals surface area (Å²) in [5, 5.41) is 23.9. The first kappa shape index (κ1) is 31.1. The molecule has 4 rings (SSSR count). The maximum atomic E-state index is 13.3. The van der Waals surface area contributed by atoms with Gasteiger partial charge in [0.1, 0.15) is 12.2 Å². The van der Waals surface area contributed by atoms with Crippen molar-refractivity contribution in [3.05, 3.63) is 59.2 Å². The summed E-state index contributed by atoms with van der Waals surface area (Å²) in [4.78, 5) is 40.7. The van der Waals surface area contributed by atoms with E-state index < -0.39 is 53.1 Å². The van der Waals surface area contributed by atoms with Crippen LogP contribution in [-0.4, -0.2) is 71.3 Å². The van der Waals surface area contributed by atoms with E-state index in [1.807, 2.05) is 70.1 Å². The summed E-state index contributed by atoms with van der Waals surface area (Å²) in [6.07, 6.45) is -2.90. The van der Waals surface area contributed by atoms with Crippen molar-refractivity contribution >= 4 is 17.7 Å².